The zero-order valence-electron chi connectivity index (χ0n) is 11.6. The number of nitrogens with one attached hydrogen (secondary N) is 1. The van der Waals surface area contributed by atoms with Crippen molar-refractivity contribution in [3.05, 3.63) is 18.2 Å². The summed E-state index contributed by atoms with van der Waals surface area (Å²) in [5, 5.41) is 3.48. The summed E-state index contributed by atoms with van der Waals surface area (Å²) in [6.45, 7) is 2.29. The summed E-state index contributed by atoms with van der Waals surface area (Å²) in [6, 6.07) is 5.85. The van der Waals surface area contributed by atoms with Crippen LogP contribution < -0.4 is 14.8 Å². The van der Waals surface area contributed by atoms with Gasteiger partial charge in [0.25, 0.3) is 0 Å². The van der Waals surface area contributed by atoms with Gasteiger partial charge in [-0.1, -0.05) is 6.42 Å². The van der Waals surface area contributed by atoms with Crippen LogP contribution in [0.1, 0.15) is 25.7 Å². The lowest BCUT2D eigenvalue weighted by Crippen LogP contribution is -2.41. The highest BCUT2D eigenvalue weighted by atomic mass is 19.3. The molecule has 21 heavy (non-hydrogen) atoms. The molecule has 2 fully saturated rings. The van der Waals surface area contributed by atoms with Gasteiger partial charge < -0.3 is 14.8 Å². The fraction of sp³-hybridized carbons (Fsp3) is 0.600. The molecule has 3 aliphatic heterocycles. The average Bonchev–Trinajstić information content (AvgIpc) is 2.98. The van der Waals surface area contributed by atoms with Crippen molar-refractivity contribution in [2.45, 2.75) is 44.1 Å². The van der Waals surface area contributed by atoms with E-state index in [0.717, 1.165) is 18.7 Å². The lowest BCUT2D eigenvalue weighted by Gasteiger charge is -2.33. The Morgan fingerprint density at radius 1 is 1.10 bits per heavy atom. The Balaban J connectivity index is 1.49. The number of fused-ring (bicyclic) bond motifs is 2. The van der Waals surface area contributed by atoms with Crippen LogP contribution in [0.15, 0.2) is 18.2 Å². The molecule has 4 rings (SSSR count). The molecule has 3 aliphatic rings. The van der Waals surface area contributed by atoms with Gasteiger partial charge in [-0.2, -0.15) is 0 Å². The van der Waals surface area contributed by atoms with Gasteiger partial charge in [0.1, 0.15) is 0 Å². The Labute approximate surface area is 122 Å². The van der Waals surface area contributed by atoms with Crippen molar-refractivity contribution in [3.63, 3.8) is 0 Å². The van der Waals surface area contributed by atoms with Crippen LogP contribution in [-0.4, -0.2) is 36.4 Å². The maximum Gasteiger partial charge on any atom is 0.586 e. The number of nitrogens with zero attached hydrogens (tertiary/aromatic N) is 1. The first kappa shape index (κ1) is 13.1. The van der Waals surface area contributed by atoms with Gasteiger partial charge in [-0.3, -0.25) is 4.90 Å². The van der Waals surface area contributed by atoms with Gasteiger partial charge >= 0.3 is 6.29 Å². The predicted molar refractivity (Wildman–Crippen MR) is 73.9 cm³/mol. The van der Waals surface area contributed by atoms with Crippen molar-refractivity contribution in [2.24, 2.45) is 0 Å². The minimum atomic E-state index is -3.55. The van der Waals surface area contributed by atoms with E-state index in [2.05, 4.69) is 19.7 Å². The minimum absolute atomic E-state index is 0.0938. The molecule has 2 atom stereocenters. The van der Waals surface area contributed by atoms with E-state index in [1.54, 1.807) is 12.1 Å². The molecule has 0 saturated carbocycles. The second kappa shape index (κ2) is 4.73. The van der Waals surface area contributed by atoms with Crippen LogP contribution >= 0.6 is 0 Å². The number of hydrogen-bond acceptors (Lipinski definition) is 4. The lowest BCUT2D eigenvalue weighted by atomic mass is 9.99. The monoisotopic (exact) mass is 296 g/mol. The van der Waals surface area contributed by atoms with E-state index in [1.807, 2.05) is 0 Å². The molecule has 6 heteroatoms. The third-order valence-corrected chi connectivity index (χ3v) is 4.61. The number of rotatable bonds is 2. The second-order valence-corrected chi connectivity index (χ2v) is 5.97. The Kier molecular flexibility index (Phi) is 2.96. The molecule has 1 aromatic carbocycles. The highest BCUT2D eigenvalue weighted by Gasteiger charge is 2.43. The standard InChI is InChI=1S/C15H18F2N2O2/c16-15(17)20-13-5-4-10(9-14(13)21-15)18-11-6-8-19-7-2-1-3-12(11)19/h4-5,9,11-12,18H,1-3,6-8H2. The fourth-order valence-corrected chi connectivity index (χ4v) is 3.67. The van der Waals surface area contributed by atoms with Crippen LogP contribution in [0.2, 0.25) is 0 Å². The van der Waals surface area contributed by atoms with Gasteiger partial charge in [0.15, 0.2) is 11.5 Å². The van der Waals surface area contributed by atoms with Gasteiger partial charge in [-0.15, -0.1) is 8.78 Å². The number of halogens is 2. The van der Waals surface area contributed by atoms with Gasteiger partial charge in [-0.25, -0.2) is 0 Å². The second-order valence-electron chi connectivity index (χ2n) is 5.97. The van der Waals surface area contributed by atoms with Crippen LogP contribution in [0.3, 0.4) is 0 Å². The molecule has 0 aromatic heterocycles. The largest absolute Gasteiger partial charge is 0.586 e. The zero-order chi connectivity index (χ0) is 14.4. The van der Waals surface area contributed by atoms with E-state index in [0.29, 0.717) is 12.1 Å². The summed E-state index contributed by atoms with van der Waals surface area (Å²) in [7, 11) is 0. The Bertz CT molecular complexity index is 552. The molecular formula is C15H18F2N2O2. The first-order valence-electron chi connectivity index (χ1n) is 7.51. The summed E-state index contributed by atoms with van der Waals surface area (Å²) in [5.41, 5.74) is 0.812. The molecule has 0 bridgehead atoms. The molecular weight excluding hydrogens is 278 g/mol. The maximum absolute atomic E-state index is 13.0. The fourth-order valence-electron chi connectivity index (χ4n) is 3.67. The van der Waals surface area contributed by atoms with E-state index in [9.17, 15) is 8.78 Å². The average molecular weight is 296 g/mol. The van der Waals surface area contributed by atoms with Crippen molar-refractivity contribution in [1.29, 1.82) is 0 Å². The van der Waals surface area contributed by atoms with Crippen LogP contribution in [0.4, 0.5) is 14.5 Å². The highest BCUT2D eigenvalue weighted by Crippen LogP contribution is 2.42. The minimum Gasteiger partial charge on any atom is -0.395 e. The zero-order valence-corrected chi connectivity index (χ0v) is 11.6. The lowest BCUT2D eigenvalue weighted by molar-refractivity contribution is -0.286. The molecule has 0 radical (unpaired) electrons. The molecule has 0 spiro atoms. The molecule has 0 aliphatic carbocycles. The van der Waals surface area contributed by atoms with Gasteiger partial charge in [0.05, 0.1) is 0 Å². The summed E-state index contributed by atoms with van der Waals surface area (Å²) in [6.07, 6.45) is 1.30. The van der Waals surface area contributed by atoms with E-state index < -0.39 is 6.29 Å². The first-order chi connectivity index (χ1) is 10.1. The molecule has 2 saturated heterocycles. The maximum atomic E-state index is 13.0. The third-order valence-electron chi connectivity index (χ3n) is 4.61. The third kappa shape index (κ3) is 2.41. The molecule has 4 nitrogen and oxygen atoms in total. The molecule has 114 valence electrons. The molecule has 1 aromatic rings. The van der Waals surface area contributed by atoms with Crippen LogP contribution in [0, 0.1) is 0 Å². The molecule has 3 heterocycles. The normalized spacial score (nSPS) is 30.2. The van der Waals surface area contributed by atoms with E-state index in [-0.39, 0.29) is 11.5 Å². The Morgan fingerprint density at radius 3 is 2.86 bits per heavy atom. The van der Waals surface area contributed by atoms with Gasteiger partial charge in [0.2, 0.25) is 0 Å². The van der Waals surface area contributed by atoms with Crippen molar-refractivity contribution < 1.29 is 18.3 Å². The van der Waals surface area contributed by atoms with E-state index in [1.165, 1.54) is 31.9 Å². The summed E-state index contributed by atoms with van der Waals surface area (Å²) in [5.74, 6) is 0.194. The number of piperidine rings is 1. The first-order valence-corrected chi connectivity index (χ1v) is 7.51. The molecule has 1 N–H and O–H groups in total. The van der Waals surface area contributed by atoms with Crippen LogP contribution in [0.5, 0.6) is 11.5 Å². The topological polar surface area (TPSA) is 33.7 Å². The van der Waals surface area contributed by atoms with Crippen LogP contribution in [0.25, 0.3) is 0 Å². The number of alkyl halides is 2. The quantitative estimate of drug-likeness (QED) is 0.909. The molecule has 2 unspecified atom stereocenters. The van der Waals surface area contributed by atoms with Crippen LogP contribution in [-0.2, 0) is 0 Å². The van der Waals surface area contributed by atoms with Crippen molar-refractivity contribution >= 4 is 5.69 Å². The van der Waals surface area contributed by atoms with Crippen molar-refractivity contribution in [3.8, 4) is 11.5 Å². The van der Waals surface area contributed by atoms with E-state index in [4.69, 9.17) is 0 Å². The number of hydrogen-bond donors (Lipinski definition) is 1. The SMILES string of the molecule is FC1(F)Oc2ccc(NC3CCN4CCCCC34)cc2O1. The summed E-state index contributed by atoms with van der Waals surface area (Å²) >= 11 is 0. The van der Waals surface area contributed by atoms with Gasteiger partial charge in [-0.05, 0) is 37.9 Å². The Morgan fingerprint density at radius 2 is 1.95 bits per heavy atom. The van der Waals surface area contributed by atoms with Crippen molar-refractivity contribution in [1.82, 2.24) is 4.90 Å². The Hall–Kier alpha value is -1.56. The molecule has 0 amide bonds. The number of ether oxygens (including phenoxy) is 2. The number of anilines is 1. The van der Waals surface area contributed by atoms with Gasteiger partial charge in [0, 0.05) is 30.4 Å². The van der Waals surface area contributed by atoms with Crippen molar-refractivity contribution in [2.75, 3.05) is 18.4 Å². The smallest absolute Gasteiger partial charge is 0.395 e. The summed E-state index contributed by atoms with van der Waals surface area (Å²) in [4.78, 5) is 2.53. The van der Waals surface area contributed by atoms with E-state index >= 15 is 0 Å². The summed E-state index contributed by atoms with van der Waals surface area (Å²) < 4.78 is 35.0. The highest BCUT2D eigenvalue weighted by molar-refractivity contribution is 5.56. The predicted octanol–water partition coefficient (Wildman–Crippen LogP) is 3.05. The number of benzene rings is 1.